The van der Waals surface area contributed by atoms with E-state index in [4.69, 9.17) is 12.2 Å². The maximum absolute atomic E-state index is 13.2. The minimum atomic E-state index is -0.230. The molecule has 2 aliphatic rings. The number of carbonyl (C=O) groups excluding carboxylic acids is 2. The smallest absolute Gasteiger partial charge is 0.271 e. The van der Waals surface area contributed by atoms with E-state index in [9.17, 15) is 9.59 Å². The van der Waals surface area contributed by atoms with E-state index in [1.807, 2.05) is 54.6 Å². The number of carbonyl (C=O) groups is 2. The highest BCUT2D eigenvalue weighted by atomic mass is 32.2. The van der Waals surface area contributed by atoms with Crippen molar-refractivity contribution in [2.45, 2.75) is 19.8 Å². The lowest BCUT2D eigenvalue weighted by Gasteiger charge is -2.16. The van der Waals surface area contributed by atoms with Gasteiger partial charge in [0, 0.05) is 12.1 Å². The van der Waals surface area contributed by atoms with Gasteiger partial charge in [-0.1, -0.05) is 73.7 Å². The molecule has 0 unspecified atom stereocenters. The average Bonchev–Trinajstić information content (AvgIpc) is 3.13. The monoisotopic (exact) mass is 394 g/mol. The summed E-state index contributed by atoms with van der Waals surface area (Å²) in [5.74, 6) is -0.343. The second-order valence-electron chi connectivity index (χ2n) is 6.38. The summed E-state index contributed by atoms with van der Waals surface area (Å²) in [6.45, 7) is 2.74. The molecule has 0 aromatic heterocycles. The number of thiocarbonyl (C=S) groups is 1. The van der Waals surface area contributed by atoms with E-state index in [1.165, 1.54) is 16.7 Å². The summed E-state index contributed by atoms with van der Waals surface area (Å²) < 4.78 is 0.450. The van der Waals surface area contributed by atoms with Crippen LogP contribution >= 0.6 is 24.0 Å². The molecule has 2 heterocycles. The minimum absolute atomic E-state index is 0.113. The van der Waals surface area contributed by atoms with E-state index in [0.717, 1.165) is 29.8 Å². The summed E-state index contributed by atoms with van der Waals surface area (Å²) in [4.78, 5) is 30.1. The van der Waals surface area contributed by atoms with Crippen molar-refractivity contribution >= 4 is 57.1 Å². The van der Waals surface area contributed by atoms with Crippen LogP contribution in [-0.4, -0.2) is 22.7 Å². The Morgan fingerprint density at radius 3 is 2.41 bits per heavy atom. The molecule has 2 aromatic carbocycles. The number of thioether (sulfide) groups is 1. The van der Waals surface area contributed by atoms with Crippen molar-refractivity contribution in [2.75, 3.05) is 16.3 Å². The fraction of sp³-hybridized carbons (Fsp3) is 0.190. The van der Waals surface area contributed by atoms with Gasteiger partial charge in [0.2, 0.25) is 0 Å². The Bertz CT molecular complexity index is 969. The highest BCUT2D eigenvalue weighted by Crippen LogP contribution is 2.45. The third-order valence-electron chi connectivity index (χ3n) is 4.67. The number of amides is 2. The van der Waals surface area contributed by atoms with Gasteiger partial charge in [-0.05, 0) is 24.6 Å². The highest BCUT2D eigenvalue weighted by Gasteiger charge is 2.42. The Balaban J connectivity index is 1.80. The van der Waals surface area contributed by atoms with E-state index in [0.29, 0.717) is 21.3 Å². The molecular formula is C21H18N2O2S2. The normalized spacial score (nSPS) is 19.2. The number of para-hydroxylation sites is 2. The summed E-state index contributed by atoms with van der Waals surface area (Å²) in [5.41, 5.74) is 2.87. The minimum Gasteiger partial charge on any atom is -0.308 e. The third-order valence-corrected chi connectivity index (χ3v) is 6.04. The molecule has 0 aliphatic carbocycles. The van der Waals surface area contributed by atoms with Gasteiger partial charge in [-0.25, -0.2) is 0 Å². The summed E-state index contributed by atoms with van der Waals surface area (Å²) in [6.07, 6.45) is 1.91. The van der Waals surface area contributed by atoms with E-state index >= 15 is 0 Å². The third kappa shape index (κ3) is 2.99. The molecule has 6 heteroatoms. The van der Waals surface area contributed by atoms with E-state index in [2.05, 4.69) is 6.92 Å². The number of rotatable bonds is 4. The SMILES string of the molecule is CCCCN1C(=O)C(=C2SC(=S)N(c3ccccc3)C2=O)c2ccccc21. The van der Waals surface area contributed by atoms with Gasteiger partial charge >= 0.3 is 0 Å². The van der Waals surface area contributed by atoms with Crippen LogP contribution < -0.4 is 9.80 Å². The topological polar surface area (TPSA) is 40.6 Å². The lowest BCUT2D eigenvalue weighted by atomic mass is 10.1. The van der Waals surface area contributed by atoms with E-state index < -0.39 is 0 Å². The van der Waals surface area contributed by atoms with Crippen LogP contribution in [0.1, 0.15) is 25.3 Å². The zero-order valence-corrected chi connectivity index (χ0v) is 16.5. The standard InChI is InChI=1S/C21H18N2O2S2/c1-2-3-13-22-16-12-8-7-11-15(16)17(19(22)24)18-20(25)23(21(26)27-18)14-9-5-4-6-10-14/h4-12H,2-3,13H2,1H3. The van der Waals surface area contributed by atoms with Gasteiger partial charge in [0.25, 0.3) is 11.8 Å². The maximum atomic E-state index is 13.2. The first-order valence-corrected chi connectivity index (χ1v) is 10.1. The summed E-state index contributed by atoms with van der Waals surface area (Å²) in [7, 11) is 0. The molecule has 4 nitrogen and oxygen atoms in total. The zero-order valence-electron chi connectivity index (χ0n) is 14.8. The van der Waals surface area contributed by atoms with Crippen molar-refractivity contribution in [2.24, 2.45) is 0 Å². The number of anilines is 2. The molecular weight excluding hydrogens is 376 g/mol. The molecule has 2 aliphatic heterocycles. The van der Waals surface area contributed by atoms with Crippen LogP contribution in [0.25, 0.3) is 5.57 Å². The predicted molar refractivity (Wildman–Crippen MR) is 115 cm³/mol. The molecule has 0 saturated carbocycles. The van der Waals surface area contributed by atoms with Crippen molar-refractivity contribution in [1.82, 2.24) is 0 Å². The summed E-state index contributed by atoms with van der Waals surface area (Å²) in [6, 6.07) is 17.0. The largest absolute Gasteiger partial charge is 0.308 e. The van der Waals surface area contributed by atoms with Gasteiger partial charge in [-0.2, -0.15) is 0 Å². The molecule has 0 N–H and O–H groups in total. The van der Waals surface area contributed by atoms with Crippen LogP contribution in [0.2, 0.25) is 0 Å². The Morgan fingerprint density at radius 2 is 1.67 bits per heavy atom. The number of hydrogen-bond acceptors (Lipinski definition) is 4. The molecule has 2 amide bonds. The summed E-state index contributed by atoms with van der Waals surface area (Å²) >= 11 is 6.66. The zero-order chi connectivity index (χ0) is 19.0. The molecule has 2 aromatic rings. The molecule has 0 spiro atoms. The average molecular weight is 395 g/mol. The quantitative estimate of drug-likeness (QED) is 0.561. The van der Waals surface area contributed by atoms with Crippen LogP contribution in [0.4, 0.5) is 11.4 Å². The van der Waals surface area contributed by atoms with Crippen molar-refractivity contribution in [3.8, 4) is 0 Å². The fourth-order valence-corrected chi connectivity index (χ4v) is 4.73. The van der Waals surface area contributed by atoms with Gasteiger partial charge in [0.1, 0.15) is 0 Å². The molecule has 27 heavy (non-hydrogen) atoms. The van der Waals surface area contributed by atoms with Gasteiger partial charge in [-0.3, -0.25) is 14.5 Å². The first-order valence-electron chi connectivity index (χ1n) is 8.90. The lowest BCUT2D eigenvalue weighted by Crippen LogP contribution is -2.29. The fourth-order valence-electron chi connectivity index (χ4n) is 3.36. The number of fused-ring (bicyclic) bond motifs is 1. The highest BCUT2D eigenvalue weighted by molar-refractivity contribution is 8.27. The van der Waals surface area contributed by atoms with Crippen LogP contribution in [0.5, 0.6) is 0 Å². The van der Waals surface area contributed by atoms with Gasteiger partial charge in [0.05, 0.1) is 21.9 Å². The van der Waals surface area contributed by atoms with Crippen LogP contribution in [0.15, 0.2) is 59.5 Å². The Hall–Kier alpha value is -2.44. The first-order chi connectivity index (χ1) is 13.1. The van der Waals surface area contributed by atoms with Crippen LogP contribution in [-0.2, 0) is 9.59 Å². The Labute approximate surface area is 167 Å². The predicted octanol–water partition coefficient (Wildman–Crippen LogP) is 4.61. The van der Waals surface area contributed by atoms with E-state index in [-0.39, 0.29) is 11.8 Å². The number of unbranched alkanes of at least 4 members (excludes halogenated alkanes) is 1. The molecule has 4 rings (SSSR count). The van der Waals surface area contributed by atoms with Gasteiger partial charge < -0.3 is 4.90 Å². The molecule has 0 radical (unpaired) electrons. The number of hydrogen-bond donors (Lipinski definition) is 0. The second-order valence-corrected chi connectivity index (χ2v) is 8.02. The second kappa shape index (κ2) is 7.29. The lowest BCUT2D eigenvalue weighted by molar-refractivity contribution is -0.115. The molecule has 1 fully saturated rings. The Kier molecular flexibility index (Phi) is 4.85. The molecule has 136 valence electrons. The first kappa shape index (κ1) is 17.9. The van der Waals surface area contributed by atoms with E-state index in [1.54, 1.807) is 4.90 Å². The molecule has 0 bridgehead atoms. The number of nitrogens with zero attached hydrogens (tertiary/aromatic N) is 2. The van der Waals surface area contributed by atoms with Crippen molar-refractivity contribution in [3.05, 3.63) is 65.1 Å². The Morgan fingerprint density at radius 1 is 0.963 bits per heavy atom. The van der Waals surface area contributed by atoms with Crippen molar-refractivity contribution < 1.29 is 9.59 Å². The molecule has 0 atom stereocenters. The van der Waals surface area contributed by atoms with Gasteiger partial charge in [0.15, 0.2) is 4.32 Å². The van der Waals surface area contributed by atoms with Crippen LogP contribution in [0, 0.1) is 0 Å². The van der Waals surface area contributed by atoms with Crippen molar-refractivity contribution in [1.29, 1.82) is 0 Å². The number of benzene rings is 2. The van der Waals surface area contributed by atoms with Crippen LogP contribution in [0.3, 0.4) is 0 Å². The van der Waals surface area contributed by atoms with Crippen molar-refractivity contribution in [3.63, 3.8) is 0 Å². The summed E-state index contributed by atoms with van der Waals surface area (Å²) in [5, 5.41) is 0. The maximum Gasteiger partial charge on any atom is 0.271 e. The molecule has 1 saturated heterocycles. The van der Waals surface area contributed by atoms with Gasteiger partial charge in [-0.15, -0.1) is 0 Å².